The molecule has 1 aromatic rings. The number of hydrogen-bond donors (Lipinski definition) is 0. The number of methoxy groups -OCH3 is 1. The van der Waals surface area contributed by atoms with Gasteiger partial charge in [-0.2, -0.15) is 5.10 Å². The van der Waals surface area contributed by atoms with Crippen molar-refractivity contribution in [2.75, 3.05) is 20.3 Å². The van der Waals surface area contributed by atoms with Gasteiger partial charge < -0.3 is 9.47 Å². The van der Waals surface area contributed by atoms with Crippen LogP contribution < -0.4 is 4.74 Å². The normalized spacial score (nSPS) is 10.0. The Morgan fingerprint density at radius 1 is 1.55 bits per heavy atom. The third-order valence-corrected chi connectivity index (χ3v) is 1.24. The van der Waals surface area contributed by atoms with Gasteiger partial charge in [0, 0.05) is 14.2 Å². The number of ether oxygens (including phenoxy) is 2. The fourth-order valence-electron chi connectivity index (χ4n) is 0.716. The maximum Gasteiger partial charge on any atom is 0.157 e. The largest absolute Gasteiger partial charge is 0.488 e. The zero-order valence-electron chi connectivity index (χ0n) is 6.78. The zero-order chi connectivity index (χ0) is 8.10. The van der Waals surface area contributed by atoms with E-state index in [0.29, 0.717) is 13.2 Å². The molecular weight excluding hydrogens is 144 g/mol. The third kappa shape index (κ3) is 2.59. The van der Waals surface area contributed by atoms with Gasteiger partial charge in [-0.3, -0.25) is 4.68 Å². The first kappa shape index (κ1) is 8.07. The highest BCUT2D eigenvalue weighted by atomic mass is 16.5. The number of aromatic nitrogens is 2. The van der Waals surface area contributed by atoms with E-state index in [-0.39, 0.29) is 0 Å². The van der Waals surface area contributed by atoms with Crippen LogP contribution in [-0.4, -0.2) is 30.1 Å². The Hall–Kier alpha value is -1.03. The van der Waals surface area contributed by atoms with E-state index in [1.807, 2.05) is 13.2 Å². The van der Waals surface area contributed by atoms with E-state index >= 15 is 0 Å². The van der Waals surface area contributed by atoms with Gasteiger partial charge >= 0.3 is 0 Å². The van der Waals surface area contributed by atoms with Gasteiger partial charge in [-0.15, -0.1) is 0 Å². The van der Waals surface area contributed by atoms with Crippen molar-refractivity contribution < 1.29 is 9.47 Å². The number of aryl methyl sites for hydroxylation is 1. The molecule has 0 bridgehead atoms. The Labute approximate surface area is 65.7 Å². The summed E-state index contributed by atoms with van der Waals surface area (Å²) >= 11 is 0. The van der Waals surface area contributed by atoms with E-state index in [0.717, 1.165) is 5.75 Å². The molecule has 0 saturated carbocycles. The third-order valence-electron chi connectivity index (χ3n) is 1.24. The second kappa shape index (κ2) is 3.98. The van der Waals surface area contributed by atoms with Crippen LogP contribution in [0.15, 0.2) is 12.4 Å². The predicted molar refractivity (Wildman–Crippen MR) is 40.6 cm³/mol. The number of hydrogen-bond acceptors (Lipinski definition) is 3. The molecular formula is C7H12N2O2. The van der Waals surface area contributed by atoms with Gasteiger partial charge in [-0.1, -0.05) is 0 Å². The molecule has 0 unspecified atom stereocenters. The first-order valence-corrected chi connectivity index (χ1v) is 3.43. The number of nitrogens with zero attached hydrogens (tertiary/aromatic N) is 2. The van der Waals surface area contributed by atoms with Crippen LogP contribution in [0.2, 0.25) is 0 Å². The van der Waals surface area contributed by atoms with Crippen LogP contribution in [0, 0.1) is 0 Å². The maximum absolute atomic E-state index is 5.26. The highest BCUT2D eigenvalue weighted by molar-refractivity contribution is 5.10. The van der Waals surface area contributed by atoms with Crippen LogP contribution in [0.25, 0.3) is 0 Å². The standard InChI is InChI=1S/C7H12N2O2/c1-9-6-7(5-8-9)11-4-3-10-2/h5-6H,3-4H2,1-2H3. The molecule has 0 aromatic carbocycles. The molecule has 0 aliphatic heterocycles. The second-order valence-electron chi connectivity index (χ2n) is 2.19. The van der Waals surface area contributed by atoms with E-state index < -0.39 is 0 Å². The van der Waals surface area contributed by atoms with Gasteiger partial charge in [0.25, 0.3) is 0 Å². The topological polar surface area (TPSA) is 36.3 Å². The van der Waals surface area contributed by atoms with Crippen molar-refractivity contribution in [3.63, 3.8) is 0 Å². The smallest absolute Gasteiger partial charge is 0.157 e. The van der Waals surface area contributed by atoms with Gasteiger partial charge in [0.15, 0.2) is 5.75 Å². The molecule has 0 N–H and O–H groups in total. The van der Waals surface area contributed by atoms with Crippen LogP contribution in [-0.2, 0) is 11.8 Å². The molecule has 1 aromatic heterocycles. The van der Waals surface area contributed by atoms with Crippen molar-refractivity contribution in [3.05, 3.63) is 12.4 Å². The highest BCUT2D eigenvalue weighted by Gasteiger charge is 1.94. The van der Waals surface area contributed by atoms with E-state index in [2.05, 4.69) is 5.10 Å². The van der Waals surface area contributed by atoms with Crippen molar-refractivity contribution in [1.29, 1.82) is 0 Å². The quantitative estimate of drug-likeness (QED) is 0.594. The van der Waals surface area contributed by atoms with Crippen LogP contribution in [0.4, 0.5) is 0 Å². The Balaban J connectivity index is 2.27. The number of rotatable bonds is 4. The Morgan fingerprint density at radius 2 is 2.36 bits per heavy atom. The average molecular weight is 156 g/mol. The SMILES string of the molecule is COCCOc1cnn(C)c1. The minimum atomic E-state index is 0.572. The minimum absolute atomic E-state index is 0.572. The first-order chi connectivity index (χ1) is 5.33. The lowest BCUT2D eigenvalue weighted by molar-refractivity contribution is 0.146. The summed E-state index contributed by atoms with van der Waals surface area (Å²) in [6, 6.07) is 0. The maximum atomic E-state index is 5.26. The van der Waals surface area contributed by atoms with E-state index in [4.69, 9.17) is 9.47 Å². The lowest BCUT2D eigenvalue weighted by Crippen LogP contribution is -2.03. The molecule has 1 heterocycles. The van der Waals surface area contributed by atoms with Gasteiger partial charge in [0.05, 0.1) is 19.0 Å². The van der Waals surface area contributed by atoms with Crippen molar-refractivity contribution in [2.45, 2.75) is 0 Å². The second-order valence-corrected chi connectivity index (χ2v) is 2.19. The summed E-state index contributed by atoms with van der Waals surface area (Å²) in [7, 11) is 3.50. The van der Waals surface area contributed by atoms with E-state index in [1.165, 1.54) is 0 Å². The van der Waals surface area contributed by atoms with Gasteiger partial charge in [-0.25, -0.2) is 0 Å². The van der Waals surface area contributed by atoms with Gasteiger partial charge in [0.1, 0.15) is 6.61 Å². The molecule has 0 radical (unpaired) electrons. The molecule has 0 spiro atoms. The Bertz CT molecular complexity index is 210. The molecule has 0 aliphatic carbocycles. The summed E-state index contributed by atoms with van der Waals surface area (Å²) in [4.78, 5) is 0. The van der Waals surface area contributed by atoms with Gasteiger partial charge in [0.2, 0.25) is 0 Å². The molecule has 0 amide bonds. The van der Waals surface area contributed by atoms with Gasteiger partial charge in [-0.05, 0) is 0 Å². The average Bonchev–Trinajstić information content (AvgIpc) is 2.37. The molecule has 0 atom stereocenters. The Kier molecular flexibility index (Phi) is 2.92. The van der Waals surface area contributed by atoms with Crippen LogP contribution in [0.3, 0.4) is 0 Å². The fraction of sp³-hybridized carbons (Fsp3) is 0.571. The summed E-state index contributed by atoms with van der Waals surface area (Å²) in [5, 5.41) is 3.95. The summed E-state index contributed by atoms with van der Waals surface area (Å²) in [6.07, 6.45) is 3.49. The molecule has 4 heteroatoms. The van der Waals surface area contributed by atoms with Crippen molar-refractivity contribution in [1.82, 2.24) is 9.78 Å². The predicted octanol–water partition coefficient (Wildman–Crippen LogP) is 0.445. The molecule has 11 heavy (non-hydrogen) atoms. The molecule has 0 aliphatic rings. The minimum Gasteiger partial charge on any atom is -0.488 e. The van der Waals surface area contributed by atoms with Crippen LogP contribution >= 0.6 is 0 Å². The molecule has 0 fully saturated rings. The summed E-state index contributed by atoms with van der Waals surface area (Å²) in [6.45, 7) is 1.18. The monoisotopic (exact) mass is 156 g/mol. The van der Waals surface area contributed by atoms with Crippen LogP contribution in [0.5, 0.6) is 5.75 Å². The lowest BCUT2D eigenvalue weighted by atomic mass is 10.6. The summed E-state index contributed by atoms with van der Waals surface area (Å²) < 4.78 is 11.8. The lowest BCUT2D eigenvalue weighted by Gasteiger charge is -2.00. The molecule has 0 saturated heterocycles. The molecule has 62 valence electrons. The highest BCUT2D eigenvalue weighted by Crippen LogP contribution is 2.05. The molecule has 1 rings (SSSR count). The van der Waals surface area contributed by atoms with E-state index in [1.54, 1.807) is 18.0 Å². The summed E-state index contributed by atoms with van der Waals surface area (Å²) in [5.41, 5.74) is 0. The first-order valence-electron chi connectivity index (χ1n) is 3.43. The van der Waals surface area contributed by atoms with Crippen molar-refractivity contribution >= 4 is 0 Å². The Morgan fingerprint density at radius 3 is 2.91 bits per heavy atom. The van der Waals surface area contributed by atoms with Crippen molar-refractivity contribution in [3.8, 4) is 5.75 Å². The zero-order valence-corrected chi connectivity index (χ0v) is 6.78. The van der Waals surface area contributed by atoms with Crippen molar-refractivity contribution in [2.24, 2.45) is 7.05 Å². The van der Waals surface area contributed by atoms with Crippen LogP contribution in [0.1, 0.15) is 0 Å². The molecule has 4 nitrogen and oxygen atoms in total. The fourth-order valence-corrected chi connectivity index (χ4v) is 0.716. The summed E-state index contributed by atoms with van der Waals surface area (Å²) in [5.74, 6) is 0.782. The van der Waals surface area contributed by atoms with E-state index in [9.17, 15) is 0 Å².